The number of hydrogen-bond donors (Lipinski definition) is 1. The summed E-state index contributed by atoms with van der Waals surface area (Å²) in [7, 11) is 0. The van der Waals surface area contributed by atoms with Crippen molar-refractivity contribution >= 4 is 5.91 Å². The molecule has 1 amide bonds. The van der Waals surface area contributed by atoms with Gasteiger partial charge in [0.05, 0.1) is 5.69 Å². The van der Waals surface area contributed by atoms with Gasteiger partial charge in [-0.15, -0.1) is 0 Å². The summed E-state index contributed by atoms with van der Waals surface area (Å²) in [5.74, 6) is 0.796. The Morgan fingerprint density at radius 3 is 2.95 bits per heavy atom. The average Bonchev–Trinajstić information content (AvgIpc) is 3.16. The van der Waals surface area contributed by atoms with E-state index in [2.05, 4.69) is 10.5 Å². The van der Waals surface area contributed by atoms with Crippen molar-refractivity contribution in [1.29, 1.82) is 0 Å². The number of nitrogens with one attached hydrogen (secondary N) is 1. The maximum absolute atomic E-state index is 13.2. The van der Waals surface area contributed by atoms with Gasteiger partial charge in [-0.25, -0.2) is 4.39 Å². The number of hydrogen-bond acceptors (Lipinski definition) is 3. The molecule has 5 heteroatoms. The Morgan fingerprint density at radius 1 is 1.45 bits per heavy atom. The van der Waals surface area contributed by atoms with Crippen LogP contribution in [0.3, 0.4) is 0 Å². The number of carbonyl (C=O) groups is 1. The van der Waals surface area contributed by atoms with Crippen molar-refractivity contribution in [3.63, 3.8) is 0 Å². The monoisotopic (exact) mass is 302 g/mol. The molecule has 1 fully saturated rings. The van der Waals surface area contributed by atoms with Gasteiger partial charge in [0.1, 0.15) is 11.6 Å². The smallest absolute Gasteiger partial charge is 0.220 e. The normalized spacial score (nSPS) is 20.0. The third-order valence-electron chi connectivity index (χ3n) is 4.20. The van der Waals surface area contributed by atoms with Gasteiger partial charge in [-0.3, -0.25) is 4.79 Å². The lowest BCUT2D eigenvalue weighted by atomic mass is 10.1. The Balaban J connectivity index is 1.50. The van der Waals surface area contributed by atoms with Crippen molar-refractivity contribution in [1.82, 2.24) is 10.5 Å². The van der Waals surface area contributed by atoms with Crippen LogP contribution in [-0.4, -0.2) is 17.1 Å². The summed E-state index contributed by atoms with van der Waals surface area (Å²) in [6.07, 6.45) is 1.92. The molecule has 0 spiro atoms. The van der Waals surface area contributed by atoms with E-state index in [0.29, 0.717) is 12.8 Å². The van der Waals surface area contributed by atoms with Crippen LogP contribution in [0.2, 0.25) is 0 Å². The molecule has 0 bridgehead atoms. The zero-order valence-electron chi connectivity index (χ0n) is 12.7. The molecule has 1 aliphatic carbocycles. The van der Waals surface area contributed by atoms with Gasteiger partial charge in [0, 0.05) is 23.9 Å². The highest BCUT2D eigenvalue weighted by atomic mass is 19.1. The third-order valence-corrected chi connectivity index (χ3v) is 4.20. The quantitative estimate of drug-likeness (QED) is 0.923. The van der Waals surface area contributed by atoms with Crippen molar-refractivity contribution in [2.75, 3.05) is 0 Å². The molecule has 1 aliphatic rings. The Hall–Kier alpha value is -2.17. The van der Waals surface area contributed by atoms with E-state index in [1.54, 1.807) is 12.1 Å². The van der Waals surface area contributed by atoms with Crippen molar-refractivity contribution in [3.05, 3.63) is 52.7 Å². The highest BCUT2D eigenvalue weighted by molar-refractivity contribution is 5.77. The van der Waals surface area contributed by atoms with Crippen molar-refractivity contribution in [2.45, 2.75) is 45.1 Å². The zero-order chi connectivity index (χ0) is 15.7. The number of halogens is 1. The molecule has 3 rings (SSSR count). The second-order valence-corrected chi connectivity index (χ2v) is 5.87. The number of rotatable bonds is 5. The maximum Gasteiger partial charge on any atom is 0.220 e. The van der Waals surface area contributed by atoms with Gasteiger partial charge in [0.15, 0.2) is 0 Å². The van der Waals surface area contributed by atoms with Crippen LogP contribution in [-0.2, 0) is 11.2 Å². The van der Waals surface area contributed by atoms with E-state index >= 15 is 0 Å². The first-order valence-electron chi connectivity index (χ1n) is 7.51. The fourth-order valence-electron chi connectivity index (χ4n) is 2.84. The number of aryl methyl sites for hydroxylation is 2. The molecular formula is C17H19FN2O2. The summed E-state index contributed by atoms with van der Waals surface area (Å²) in [4.78, 5) is 12.0. The molecule has 1 heterocycles. The summed E-state index contributed by atoms with van der Waals surface area (Å²) in [5.41, 5.74) is 2.80. The van der Waals surface area contributed by atoms with Crippen LogP contribution in [0.4, 0.5) is 4.39 Å². The van der Waals surface area contributed by atoms with E-state index in [0.717, 1.165) is 29.0 Å². The van der Waals surface area contributed by atoms with E-state index in [9.17, 15) is 9.18 Å². The SMILES string of the molecule is Cc1noc(C)c1CCC(=O)N[C@@H]1C[C@@H]1c1cccc(F)c1. The molecule has 2 atom stereocenters. The number of carbonyl (C=O) groups excluding carboxylic acids is 1. The van der Waals surface area contributed by atoms with Gasteiger partial charge < -0.3 is 9.84 Å². The molecule has 0 radical (unpaired) electrons. The van der Waals surface area contributed by atoms with E-state index < -0.39 is 0 Å². The van der Waals surface area contributed by atoms with Crippen LogP contribution in [0.1, 0.15) is 41.3 Å². The number of nitrogens with zero attached hydrogens (tertiary/aromatic N) is 1. The fraction of sp³-hybridized carbons (Fsp3) is 0.412. The molecule has 2 aromatic rings. The lowest BCUT2D eigenvalue weighted by Gasteiger charge is -2.05. The standard InChI is InChI=1S/C17H19FN2O2/c1-10-14(11(2)22-20-10)6-7-17(21)19-16-9-15(16)12-4-3-5-13(18)8-12/h3-5,8,15-16H,6-7,9H2,1-2H3,(H,19,21)/t15-,16-/m1/s1. The molecule has 1 N–H and O–H groups in total. The van der Waals surface area contributed by atoms with Crippen molar-refractivity contribution < 1.29 is 13.7 Å². The van der Waals surface area contributed by atoms with Crippen LogP contribution in [0.5, 0.6) is 0 Å². The molecule has 0 aliphatic heterocycles. The van der Waals surface area contributed by atoms with Crippen LogP contribution < -0.4 is 5.32 Å². The first kappa shape index (κ1) is 14.8. The van der Waals surface area contributed by atoms with Gasteiger partial charge in [0.2, 0.25) is 5.91 Å². The zero-order valence-corrected chi connectivity index (χ0v) is 12.7. The Labute approximate surface area is 128 Å². The summed E-state index contributed by atoms with van der Waals surface area (Å²) < 4.78 is 18.3. The molecule has 116 valence electrons. The predicted molar refractivity (Wildman–Crippen MR) is 80.0 cm³/mol. The largest absolute Gasteiger partial charge is 0.361 e. The number of aromatic nitrogens is 1. The van der Waals surface area contributed by atoms with Gasteiger partial charge in [-0.1, -0.05) is 17.3 Å². The van der Waals surface area contributed by atoms with Gasteiger partial charge in [0.25, 0.3) is 0 Å². The average molecular weight is 302 g/mol. The minimum absolute atomic E-state index is 0.0175. The van der Waals surface area contributed by atoms with Crippen LogP contribution >= 0.6 is 0 Å². The summed E-state index contributed by atoms with van der Waals surface area (Å²) in [5, 5.41) is 6.90. The molecule has 1 saturated carbocycles. The fourth-order valence-corrected chi connectivity index (χ4v) is 2.84. The highest BCUT2D eigenvalue weighted by Crippen LogP contribution is 2.40. The number of benzene rings is 1. The minimum Gasteiger partial charge on any atom is -0.361 e. The first-order valence-corrected chi connectivity index (χ1v) is 7.51. The molecule has 1 aromatic heterocycles. The summed E-state index contributed by atoms with van der Waals surface area (Å²) in [6, 6.07) is 6.71. The second-order valence-electron chi connectivity index (χ2n) is 5.87. The van der Waals surface area contributed by atoms with Crippen LogP contribution in [0.15, 0.2) is 28.8 Å². The topological polar surface area (TPSA) is 55.1 Å². The molecule has 4 nitrogen and oxygen atoms in total. The second kappa shape index (κ2) is 5.91. The summed E-state index contributed by atoms with van der Waals surface area (Å²) >= 11 is 0. The third kappa shape index (κ3) is 3.18. The lowest BCUT2D eigenvalue weighted by Crippen LogP contribution is -2.26. The Bertz CT molecular complexity index is 676. The van der Waals surface area contributed by atoms with Gasteiger partial charge >= 0.3 is 0 Å². The Kier molecular flexibility index (Phi) is 3.96. The van der Waals surface area contributed by atoms with Gasteiger partial charge in [-0.05, 0) is 44.4 Å². The van der Waals surface area contributed by atoms with E-state index in [-0.39, 0.29) is 23.7 Å². The van der Waals surface area contributed by atoms with Crippen LogP contribution in [0, 0.1) is 19.7 Å². The Morgan fingerprint density at radius 2 is 2.27 bits per heavy atom. The van der Waals surface area contributed by atoms with Crippen molar-refractivity contribution in [3.8, 4) is 0 Å². The minimum atomic E-state index is -0.229. The summed E-state index contributed by atoms with van der Waals surface area (Å²) in [6.45, 7) is 3.73. The maximum atomic E-state index is 13.2. The molecule has 22 heavy (non-hydrogen) atoms. The van der Waals surface area contributed by atoms with Gasteiger partial charge in [-0.2, -0.15) is 0 Å². The number of amides is 1. The van der Waals surface area contributed by atoms with E-state index in [4.69, 9.17) is 4.52 Å². The first-order chi connectivity index (χ1) is 10.5. The molecule has 1 aromatic carbocycles. The predicted octanol–water partition coefficient (Wildman–Crippen LogP) is 3.04. The van der Waals surface area contributed by atoms with Crippen molar-refractivity contribution in [2.24, 2.45) is 0 Å². The van der Waals surface area contributed by atoms with E-state index in [1.807, 2.05) is 19.9 Å². The highest BCUT2D eigenvalue weighted by Gasteiger charge is 2.39. The van der Waals surface area contributed by atoms with Crippen LogP contribution in [0.25, 0.3) is 0 Å². The molecule has 0 unspecified atom stereocenters. The lowest BCUT2D eigenvalue weighted by molar-refractivity contribution is -0.121. The molecular weight excluding hydrogens is 283 g/mol. The molecule has 0 saturated heterocycles. The van der Waals surface area contributed by atoms with E-state index in [1.165, 1.54) is 6.07 Å².